The summed E-state index contributed by atoms with van der Waals surface area (Å²) in [5.41, 5.74) is -1.06. The van der Waals surface area contributed by atoms with Gasteiger partial charge in [-0.25, -0.2) is 9.59 Å². The van der Waals surface area contributed by atoms with Crippen LogP contribution in [0.1, 0.15) is 19.8 Å². The number of hydrogen-bond donors (Lipinski definition) is 1. The molecule has 1 heterocycles. The van der Waals surface area contributed by atoms with Gasteiger partial charge in [-0.15, -0.1) is 0 Å². The molecule has 1 fully saturated rings. The molecule has 1 amide bonds. The van der Waals surface area contributed by atoms with E-state index in [0.717, 1.165) is 22.0 Å². The van der Waals surface area contributed by atoms with Crippen molar-refractivity contribution in [2.24, 2.45) is 7.05 Å². The smallest absolute Gasteiger partial charge is 0.331 e. The first-order valence-corrected chi connectivity index (χ1v) is 6.63. The number of aromatic nitrogens is 2. The van der Waals surface area contributed by atoms with Crippen molar-refractivity contribution in [3.8, 4) is 0 Å². The Morgan fingerprint density at radius 3 is 2.57 bits per heavy atom. The van der Waals surface area contributed by atoms with Crippen molar-refractivity contribution in [2.75, 3.05) is 0 Å². The summed E-state index contributed by atoms with van der Waals surface area (Å²) in [5.74, 6) is -1.52. The van der Waals surface area contributed by atoms with Crippen LogP contribution in [0.2, 0.25) is 0 Å². The first kappa shape index (κ1) is 15.0. The zero-order valence-corrected chi connectivity index (χ0v) is 11.9. The van der Waals surface area contributed by atoms with E-state index in [2.05, 4.69) is 0 Å². The first-order valence-electron chi connectivity index (χ1n) is 6.63. The largest absolute Gasteiger partial charge is 0.480 e. The van der Waals surface area contributed by atoms with Crippen LogP contribution in [0.5, 0.6) is 0 Å². The van der Waals surface area contributed by atoms with E-state index in [1.165, 1.54) is 31.1 Å². The molecule has 0 aliphatic heterocycles. The fourth-order valence-corrected chi connectivity index (χ4v) is 2.17. The second-order valence-electron chi connectivity index (χ2n) is 5.17. The topological polar surface area (TPSA) is 102 Å². The van der Waals surface area contributed by atoms with Gasteiger partial charge in [-0.1, -0.05) is 0 Å². The summed E-state index contributed by atoms with van der Waals surface area (Å²) in [7, 11) is 1.32. The molecule has 1 aromatic heterocycles. The van der Waals surface area contributed by atoms with Crippen LogP contribution in [0.3, 0.4) is 0 Å². The molecule has 2 rings (SSSR count). The number of hydrogen-bond acceptors (Lipinski definition) is 4. The average Bonchev–Trinajstić information content (AvgIpc) is 3.24. The molecule has 1 N–H and O–H groups in total. The van der Waals surface area contributed by atoms with Gasteiger partial charge in [-0.05, 0) is 19.8 Å². The molecule has 114 valence electrons. The SMILES string of the molecule is CC(C(=O)O)N(C(=O)Cn1ccc(=O)n(C)c1=O)C1CC1. The molecular formula is C13H17N3O5. The normalized spacial score (nSPS) is 15.5. The Labute approximate surface area is 120 Å². The van der Waals surface area contributed by atoms with Crippen molar-refractivity contribution >= 4 is 11.9 Å². The van der Waals surface area contributed by atoms with E-state index in [4.69, 9.17) is 5.11 Å². The minimum Gasteiger partial charge on any atom is -0.480 e. The standard InChI is InChI=1S/C13H17N3O5/c1-8(12(19)20)16(9-3-4-9)11(18)7-15-6-5-10(17)14(2)13(15)21/h5-6,8-9H,3-4,7H2,1-2H3,(H,19,20). The number of carboxylic acid groups (broad SMARTS) is 1. The number of carbonyl (C=O) groups is 2. The van der Waals surface area contributed by atoms with Crippen molar-refractivity contribution < 1.29 is 14.7 Å². The minimum atomic E-state index is -1.08. The number of rotatable bonds is 5. The summed E-state index contributed by atoms with van der Waals surface area (Å²) >= 11 is 0. The lowest BCUT2D eigenvalue weighted by Gasteiger charge is -2.26. The van der Waals surface area contributed by atoms with Gasteiger partial charge in [0.05, 0.1) is 0 Å². The van der Waals surface area contributed by atoms with Gasteiger partial charge >= 0.3 is 11.7 Å². The summed E-state index contributed by atoms with van der Waals surface area (Å²) in [6.45, 7) is 1.17. The highest BCUT2D eigenvalue weighted by atomic mass is 16.4. The molecule has 1 aliphatic carbocycles. The van der Waals surface area contributed by atoms with Crippen molar-refractivity contribution in [3.05, 3.63) is 33.1 Å². The number of nitrogens with zero attached hydrogens (tertiary/aromatic N) is 3. The molecule has 1 unspecified atom stereocenters. The van der Waals surface area contributed by atoms with Crippen molar-refractivity contribution in [1.29, 1.82) is 0 Å². The zero-order valence-electron chi connectivity index (χ0n) is 11.9. The molecule has 1 aliphatic rings. The fraction of sp³-hybridized carbons (Fsp3) is 0.538. The lowest BCUT2D eigenvalue weighted by molar-refractivity contribution is -0.150. The van der Waals surface area contributed by atoms with Gasteiger partial charge < -0.3 is 10.0 Å². The molecule has 0 radical (unpaired) electrons. The van der Waals surface area contributed by atoms with E-state index in [-0.39, 0.29) is 12.6 Å². The first-order chi connectivity index (χ1) is 9.82. The highest BCUT2D eigenvalue weighted by Crippen LogP contribution is 2.29. The van der Waals surface area contributed by atoms with Gasteiger partial charge in [0.15, 0.2) is 0 Å². The van der Waals surface area contributed by atoms with E-state index >= 15 is 0 Å². The van der Waals surface area contributed by atoms with Gasteiger partial charge in [0.2, 0.25) is 5.91 Å². The monoisotopic (exact) mass is 295 g/mol. The van der Waals surface area contributed by atoms with Crippen LogP contribution in [-0.4, -0.2) is 43.1 Å². The Kier molecular flexibility index (Phi) is 3.97. The van der Waals surface area contributed by atoms with Gasteiger partial charge in [0.1, 0.15) is 12.6 Å². The van der Waals surface area contributed by atoms with E-state index in [1.54, 1.807) is 0 Å². The summed E-state index contributed by atoms with van der Waals surface area (Å²) < 4.78 is 2.00. The van der Waals surface area contributed by atoms with E-state index < -0.39 is 29.2 Å². The number of amides is 1. The predicted octanol–water partition coefficient (Wildman–Crippen LogP) is -0.989. The quantitative estimate of drug-likeness (QED) is 0.751. The third kappa shape index (κ3) is 3.04. The number of aliphatic carboxylic acids is 1. The molecule has 1 atom stereocenters. The molecular weight excluding hydrogens is 278 g/mol. The van der Waals surface area contributed by atoms with Crippen molar-refractivity contribution in [1.82, 2.24) is 14.0 Å². The van der Waals surface area contributed by atoms with E-state index in [0.29, 0.717) is 0 Å². The molecule has 8 nitrogen and oxygen atoms in total. The van der Waals surface area contributed by atoms with E-state index in [9.17, 15) is 19.2 Å². The Hall–Kier alpha value is -2.38. The van der Waals surface area contributed by atoms with Gasteiger partial charge in [0, 0.05) is 25.4 Å². The Morgan fingerprint density at radius 1 is 1.43 bits per heavy atom. The molecule has 1 aromatic rings. The Bertz CT molecular complexity index is 686. The van der Waals surface area contributed by atoms with Crippen LogP contribution in [0.15, 0.2) is 21.9 Å². The van der Waals surface area contributed by atoms with E-state index in [1.807, 2.05) is 0 Å². The average molecular weight is 295 g/mol. The lowest BCUT2D eigenvalue weighted by Crippen LogP contribution is -2.48. The van der Waals surface area contributed by atoms with Crippen molar-refractivity contribution in [3.63, 3.8) is 0 Å². The van der Waals surface area contributed by atoms with Crippen LogP contribution < -0.4 is 11.2 Å². The Morgan fingerprint density at radius 2 is 2.05 bits per heavy atom. The second kappa shape index (κ2) is 5.55. The minimum absolute atomic E-state index is 0.0770. The fourth-order valence-electron chi connectivity index (χ4n) is 2.17. The maximum Gasteiger partial charge on any atom is 0.331 e. The van der Waals surface area contributed by atoms with Crippen molar-refractivity contribution in [2.45, 2.75) is 38.4 Å². The summed E-state index contributed by atoms with van der Waals surface area (Å²) in [4.78, 5) is 47.9. The highest BCUT2D eigenvalue weighted by Gasteiger charge is 2.38. The van der Waals surface area contributed by atoms with Gasteiger partial charge in [-0.3, -0.25) is 18.7 Å². The Balaban J connectivity index is 2.24. The van der Waals surface area contributed by atoms with Gasteiger partial charge in [0.25, 0.3) is 5.56 Å². The number of carboxylic acids is 1. The summed E-state index contributed by atoms with van der Waals surface area (Å²) in [5, 5.41) is 9.07. The lowest BCUT2D eigenvalue weighted by atomic mass is 10.2. The predicted molar refractivity (Wildman–Crippen MR) is 72.9 cm³/mol. The highest BCUT2D eigenvalue weighted by molar-refractivity contribution is 5.83. The third-order valence-electron chi connectivity index (χ3n) is 3.57. The third-order valence-corrected chi connectivity index (χ3v) is 3.57. The second-order valence-corrected chi connectivity index (χ2v) is 5.17. The molecule has 21 heavy (non-hydrogen) atoms. The van der Waals surface area contributed by atoms with Gasteiger partial charge in [-0.2, -0.15) is 0 Å². The van der Waals surface area contributed by atoms with Crippen LogP contribution in [0.25, 0.3) is 0 Å². The molecule has 1 saturated carbocycles. The van der Waals surface area contributed by atoms with Crippen LogP contribution in [-0.2, 0) is 23.2 Å². The number of carbonyl (C=O) groups excluding carboxylic acids is 1. The molecule has 0 aromatic carbocycles. The molecule has 0 bridgehead atoms. The molecule has 0 spiro atoms. The molecule has 0 saturated heterocycles. The summed E-state index contributed by atoms with van der Waals surface area (Å²) in [6.07, 6.45) is 2.79. The maximum atomic E-state index is 12.3. The maximum absolute atomic E-state index is 12.3. The zero-order chi connectivity index (χ0) is 15.7. The van der Waals surface area contributed by atoms with Crippen LogP contribution in [0, 0.1) is 0 Å². The van der Waals surface area contributed by atoms with Crippen LogP contribution >= 0.6 is 0 Å². The van der Waals surface area contributed by atoms with Crippen LogP contribution in [0.4, 0.5) is 0 Å². The summed E-state index contributed by atoms with van der Waals surface area (Å²) in [6, 6.07) is 0.177. The molecule has 8 heteroatoms.